The molecular formula is C18H23N7O2S. The Hall–Kier alpha value is -2.59. The van der Waals surface area contributed by atoms with E-state index in [2.05, 4.69) is 41.4 Å². The third-order valence-electron chi connectivity index (χ3n) is 4.98. The Kier molecular flexibility index (Phi) is 4.54. The molecule has 0 saturated carbocycles. The van der Waals surface area contributed by atoms with Crippen molar-refractivity contribution < 1.29 is 8.42 Å². The minimum absolute atomic E-state index is 0.0123. The molecule has 3 aromatic rings. The lowest BCUT2D eigenvalue weighted by Crippen LogP contribution is -2.49. The summed E-state index contributed by atoms with van der Waals surface area (Å²) < 4.78 is 28.9. The molecular weight excluding hydrogens is 378 g/mol. The van der Waals surface area contributed by atoms with Gasteiger partial charge in [-0.25, -0.2) is 8.42 Å². The molecule has 4 rings (SSSR count). The van der Waals surface area contributed by atoms with Crippen molar-refractivity contribution in [2.45, 2.75) is 31.1 Å². The summed E-state index contributed by atoms with van der Waals surface area (Å²) in [6.07, 6.45) is 0. The van der Waals surface area contributed by atoms with Crippen molar-refractivity contribution in [1.29, 1.82) is 0 Å². The Morgan fingerprint density at radius 2 is 1.61 bits per heavy atom. The largest absolute Gasteiger partial charge is 0.352 e. The quantitative estimate of drug-likeness (QED) is 0.653. The standard InChI is InChI=1S/C18H23N7O2S/c1-18(2,3)14-4-6-15(7-5-14)28(26,27)24-12-10-23(11-13-24)17-9-8-16-19-21-22-25(16)20-17/h4-9H,10-13H2,1-3H3. The first-order chi connectivity index (χ1) is 13.2. The van der Waals surface area contributed by atoms with Crippen LogP contribution in [0.2, 0.25) is 0 Å². The average molecular weight is 401 g/mol. The van der Waals surface area contributed by atoms with E-state index in [1.807, 2.05) is 23.1 Å². The summed E-state index contributed by atoms with van der Waals surface area (Å²) in [5, 5.41) is 15.6. The third kappa shape index (κ3) is 3.45. The van der Waals surface area contributed by atoms with Gasteiger partial charge in [0.05, 0.1) is 4.90 Å². The van der Waals surface area contributed by atoms with Crippen LogP contribution >= 0.6 is 0 Å². The first-order valence-electron chi connectivity index (χ1n) is 9.16. The molecule has 1 aliphatic rings. The maximum absolute atomic E-state index is 13.0. The van der Waals surface area contributed by atoms with E-state index in [1.165, 1.54) is 8.94 Å². The highest BCUT2D eigenvalue weighted by molar-refractivity contribution is 7.89. The zero-order valence-corrected chi connectivity index (χ0v) is 17.0. The summed E-state index contributed by atoms with van der Waals surface area (Å²) in [6, 6.07) is 10.8. The Morgan fingerprint density at radius 1 is 0.929 bits per heavy atom. The molecule has 0 bridgehead atoms. The van der Waals surface area contributed by atoms with Gasteiger partial charge in [-0.2, -0.15) is 4.31 Å². The van der Waals surface area contributed by atoms with E-state index >= 15 is 0 Å². The van der Waals surface area contributed by atoms with Crippen LogP contribution in [-0.4, -0.2) is 64.2 Å². The molecule has 1 aliphatic heterocycles. The van der Waals surface area contributed by atoms with E-state index in [9.17, 15) is 8.42 Å². The molecule has 0 radical (unpaired) electrons. The van der Waals surface area contributed by atoms with Crippen LogP contribution in [0.4, 0.5) is 5.82 Å². The lowest BCUT2D eigenvalue weighted by atomic mass is 9.87. The third-order valence-corrected chi connectivity index (χ3v) is 6.89. The number of tetrazole rings is 1. The van der Waals surface area contributed by atoms with Gasteiger partial charge < -0.3 is 4.90 Å². The van der Waals surface area contributed by atoms with Gasteiger partial charge in [-0.1, -0.05) is 32.9 Å². The monoisotopic (exact) mass is 401 g/mol. The molecule has 9 nitrogen and oxygen atoms in total. The highest BCUT2D eigenvalue weighted by atomic mass is 32.2. The van der Waals surface area contributed by atoms with E-state index in [0.717, 1.165) is 11.4 Å². The van der Waals surface area contributed by atoms with Crippen molar-refractivity contribution in [1.82, 2.24) is 29.6 Å². The number of hydrogen-bond donors (Lipinski definition) is 0. The van der Waals surface area contributed by atoms with Crippen molar-refractivity contribution >= 4 is 21.5 Å². The Balaban J connectivity index is 1.47. The number of sulfonamides is 1. The molecule has 28 heavy (non-hydrogen) atoms. The summed E-state index contributed by atoms with van der Waals surface area (Å²) >= 11 is 0. The molecule has 0 spiro atoms. The summed E-state index contributed by atoms with van der Waals surface area (Å²) in [5.74, 6) is 0.728. The van der Waals surface area contributed by atoms with Crippen LogP contribution < -0.4 is 4.90 Å². The molecule has 0 unspecified atom stereocenters. The van der Waals surface area contributed by atoms with Gasteiger partial charge in [-0.15, -0.1) is 14.8 Å². The Morgan fingerprint density at radius 3 is 2.25 bits per heavy atom. The van der Waals surface area contributed by atoms with Crippen LogP contribution in [0.1, 0.15) is 26.3 Å². The van der Waals surface area contributed by atoms with Crippen LogP contribution in [0.25, 0.3) is 5.65 Å². The van der Waals surface area contributed by atoms with E-state index in [0.29, 0.717) is 36.7 Å². The van der Waals surface area contributed by atoms with Crippen LogP contribution in [-0.2, 0) is 15.4 Å². The normalized spacial score (nSPS) is 16.6. The fourth-order valence-corrected chi connectivity index (χ4v) is 4.66. The highest BCUT2D eigenvalue weighted by Crippen LogP contribution is 2.25. The zero-order chi connectivity index (χ0) is 19.9. The van der Waals surface area contributed by atoms with Crippen LogP contribution in [0.5, 0.6) is 0 Å². The molecule has 0 atom stereocenters. The fourth-order valence-electron chi connectivity index (χ4n) is 3.24. The second-order valence-electron chi connectivity index (χ2n) is 7.88. The first-order valence-corrected chi connectivity index (χ1v) is 10.6. The topological polar surface area (TPSA) is 96.6 Å². The van der Waals surface area contributed by atoms with Crippen LogP contribution in [0.3, 0.4) is 0 Å². The second kappa shape index (κ2) is 6.78. The van der Waals surface area contributed by atoms with Crippen molar-refractivity contribution in [3.63, 3.8) is 0 Å². The number of piperazine rings is 1. The lowest BCUT2D eigenvalue weighted by Gasteiger charge is -2.34. The maximum atomic E-state index is 13.0. The van der Waals surface area contributed by atoms with Crippen molar-refractivity contribution in [3.8, 4) is 0 Å². The van der Waals surface area contributed by atoms with Gasteiger partial charge in [-0.05, 0) is 45.7 Å². The first kappa shape index (κ1) is 18.8. The SMILES string of the molecule is CC(C)(C)c1ccc(S(=O)(=O)N2CCN(c3ccc4nnnn4n3)CC2)cc1. The number of rotatable bonds is 3. The maximum Gasteiger partial charge on any atom is 0.243 e. The number of hydrogen-bond acceptors (Lipinski definition) is 7. The van der Waals surface area contributed by atoms with Crippen molar-refractivity contribution in [2.24, 2.45) is 0 Å². The van der Waals surface area contributed by atoms with Crippen LogP contribution in [0.15, 0.2) is 41.3 Å². The number of aromatic nitrogens is 5. The summed E-state index contributed by atoms with van der Waals surface area (Å²) in [4.78, 5) is 2.37. The van der Waals surface area contributed by atoms with Gasteiger partial charge in [0.2, 0.25) is 10.0 Å². The smallest absolute Gasteiger partial charge is 0.243 e. The van der Waals surface area contributed by atoms with Gasteiger partial charge in [0, 0.05) is 26.2 Å². The molecule has 0 N–H and O–H groups in total. The van der Waals surface area contributed by atoms with Crippen molar-refractivity contribution in [3.05, 3.63) is 42.0 Å². The predicted octanol–water partition coefficient (Wildman–Crippen LogP) is 1.33. The number of benzene rings is 1. The highest BCUT2D eigenvalue weighted by Gasteiger charge is 2.29. The average Bonchev–Trinajstić information content (AvgIpc) is 3.15. The Bertz CT molecular complexity index is 1080. The van der Waals surface area contributed by atoms with Gasteiger partial charge >= 0.3 is 0 Å². The summed E-state index contributed by atoms with van der Waals surface area (Å²) in [6.45, 7) is 8.24. The van der Waals surface area contributed by atoms with E-state index in [1.54, 1.807) is 18.2 Å². The molecule has 148 valence electrons. The lowest BCUT2D eigenvalue weighted by molar-refractivity contribution is 0.383. The number of anilines is 1. The number of fused-ring (bicyclic) bond motifs is 1. The van der Waals surface area contributed by atoms with Gasteiger partial charge in [-0.3, -0.25) is 0 Å². The van der Waals surface area contributed by atoms with Gasteiger partial charge in [0.15, 0.2) is 11.5 Å². The second-order valence-corrected chi connectivity index (χ2v) is 9.82. The van der Waals surface area contributed by atoms with E-state index in [4.69, 9.17) is 0 Å². The molecule has 1 saturated heterocycles. The number of nitrogens with zero attached hydrogens (tertiary/aromatic N) is 7. The van der Waals surface area contributed by atoms with Crippen molar-refractivity contribution in [2.75, 3.05) is 31.1 Å². The Labute approximate surface area is 164 Å². The fraction of sp³-hybridized carbons (Fsp3) is 0.444. The van der Waals surface area contributed by atoms with Gasteiger partial charge in [0.25, 0.3) is 0 Å². The molecule has 0 amide bonds. The molecule has 10 heteroatoms. The summed E-state index contributed by atoms with van der Waals surface area (Å²) in [5.41, 5.74) is 1.67. The summed E-state index contributed by atoms with van der Waals surface area (Å²) in [7, 11) is -3.51. The van der Waals surface area contributed by atoms with E-state index < -0.39 is 10.0 Å². The zero-order valence-electron chi connectivity index (χ0n) is 16.1. The van der Waals surface area contributed by atoms with E-state index in [-0.39, 0.29) is 5.41 Å². The molecule has 0 aliphatic carbocycles. The minimum Gasteiger partial charge on any atom is -0.352 e. The van der Waals surface area contributed by atoms with Crippen LogP contribution in [0, 0.1) is 0 Å². The molecule has 1 fully saturated rings. The van der Waals surface area contributed by atoms with Gasteiger partial charge in [0.1, 0.15) is 0 Å². The molecule has 2 aromatic heterocycles. The minimum atomic E-state index is -3.51. The molecule has 1 aromatic carbocycles. The predicted molar refractivity (Wildman–Crippen MR) is 105 cm³/mol. The molecule has 3 heterocycles.